The number of hydrogen-bond donors (Lipinski definition) is 0. The maximum absolute atomic E-state index is 5.90. The molecule has 1 nitrogen and oxygen atoms in total. The molecule has 0 spiro atoms. The van der Waals surface area contributed by atoms with Gasteiger partial charge in [0.1, 0.15) is 0 Å². The zero-order valence-electron chi connectivity index (χ0n) is 9.60. The summed E-state index contributed by atoms with van der Waals surface area (Å²) in [5.74, 6) is 0. The van der Waals surface area contributed by atoms with Crippen LogP contribution >= 0.6 is 39.1 Å². The summed E-state index contributed by atoms with van der Waals surface area (Å²) in [7, 11) is 0. The van der Waals surface area contributed by atoms with Crippen LogP contribution in [0.15, 0.2) is 18.2 Å². The first kappa shape index (κ1) is 16.2. The summed E-state index contributed by atoms with van der Waals surface area (Å²) in [6, 6.07) is 5.55. The Kier molecular flexibility index (Phi) is 10.6. The number of benzene rings is 1. The second-order valence-electron chi connectivity index (χ2n) is 2.92. The van der Waals surface area contributed by atoms with Gasteiger partial charge in [0, 0.05) is 28.6 Å². The zero-order chi connectivity index (χ0) is 12.4. The first-order chi connectivity index (χ1) is 7.67. The highest BCUT2D eigenvalue weighted by molar-refractivity contribution is 9.09. The summed E-state index contributed by atoms with van der Waals surface area (Å²) in [6.45, 7) is 5.67. The molecule has 0 amide bonds. The molecule has 0 aliphatic rings. The fourth-order valence-corrected chi connectivity index (χ4v) is 2.05. The Labute approximate surface area is 116 Å². The monoisotopic (exact) mass is 326 g/mol. The summed E-state index contributed by atoms with van der Waals surface area (Å²) in [5.41, 5.74) is 1.02. The van der Waals surface area contributed by atoms with Gasteiger partial charge in [0.2, 0.25) is 0 Å². The number of halogens is 3. The molecule has 0 atom stereocenters. The Bertz CT molecular complexity index is 270. The van der Waals surface area contributed by atoms with Crippen molar-refractivity contribution in [2.24, 2.45) is 0 Å². The van der Waals surface area contributed by atoms with Crippen LogP contribution in [0.3, 0.4) is 0 Å². The van der Waals surface area contributed by atoms with Gasteiger partial charge in [-0.15, -0.1) is 0 Å². The van der Waals surface area contributed by atoms with Crippen molar-refractivity contribution in [1.29, 1.82) is 0 Å². The van der Waals surface area contributed by atoms with Gasteiger partial charge < -0.3 is 4.74 Å². The molecular formula is C12H17BrCl2O. The number of rotatable bonds is 4. The molecule has 0 aromatic heterocycles. The molecule has 0 heterocycles. The number of hydrogen-bond acceptors (Lipinski definition) is 1. The van der Waals surface area contributed by atoms with Crippen molar-refractivity contribution in [3.63, 3.8) is 0 Å². The molecule has 0 unspecified atom stereocenters. The van der Waals surface area contributed by atoms with E-state index < -0.39 is 0 Å². The quantitative estimate of drug-likeness (QED) is 0.709. The van der Waals surface area contributed by atoms with E-state index in [4.69, 9.17) is 27.9 Å². The van der Waals surface area contributed by atoms with Crippen molar-refractivity contribution in [2.75, 3.05) is 18.5 Å². The lowest BCUT2D eigenvalue weighted by molar-refractivity contribution is 0.162. The average Bonchev–Trinajstić information content (AvgIpc) is 2.26. The third-order valence-corrected chi connectivity index (χ3v) is 2.92. The first-order valence-corrected chi connectivity index (χ1v) is 7.11. The third-order valence-electron chi connectivity index (χ3n) is 1.81. The van der Waals surface area contributed by atoms with Crippen molar-refractivity contribution in [3.8, 4) is 0 Å². The Morgan fingerprint density at radius 2 is 1.62 bits per heavy atom. The van der Waals surface area contributed by atoms with E-state index in [2.05, 4.69) is 15.9 Å². The molecule has 1 aromatic rings. The van der Waals surface area contributed by atoms with E-state index >= 15 is 0 Å². The standard InChI is InChI=1S/C8H7BrCl2.C4H10O/c9-5-4-6-7(10)2-1-3-8(6)11;1-3-5-4-2/h1-3H,4-5H2;3-4H2,1-2H3. The fraction of sp³-hybridized carbons (Fsp3) is 0.500. The van der Waals surface area contributed by atoms with Gasteiger partial charge in [-0.05, 0) is 38.0 Å². The molecule has 0 radical (unpaired) electrons. The van der Waals surface area contributed by atoms with Crippen LogP contribution in [0.2, 0.25) is 10.0 Å². The molecule has 0 saturated heterocycles. The number of alkyl halides is 1. The van der Waals surface area contributed by atoms with Gasteiger partial charge in [0.05, 0.1) is 0 Å². The SMILES string of the molecule is CCOCC.Clc1cccc(Cl)c1CCBr. The molecule has 1 aromatic carbocycles. The lowest BCUT2D eigenvalue weighted by Gasteiger charge is -2.02. The van der Waals surface area contributed by atoms with Gasteiger partial charge in [-0.25, -0.2) is 0 Å². The van der Waals surface area contributed by atoms with Crippen LogP contribution in [0.4, 0.5) is 0 Å². The highest BCUT2D eigenvalue weighted by Crippen LogP contribution is 2.24. The van der Waals surface area contributed by atoms with Gasteiger partial charge in [-0.2, -0.15) is 0 Å². The molecule has 16 heavy (non-hydrogen) atoms. The Hall–Kier alpha value is 0.240. The highest BCUT2D eigenvalue weighted by Gasteiger charge is 2.02. The van der Waals surface area contributed by atoms with Gasteiger partial charge in [0.25, 0.3) is 0 Å². The minimum atomic E-state index is 0.747. The van der Waals surface area contributed by atoms with E-state index in [-0.39, 0.29) is 0 Å². The third kappa shape index (κ3) is 6.74. The molecule has 0 bridgehead atoms. The van der Waals surface area contributed by atoms with Crippen molar-refractivity contribution in [3.05, 3.63) is 33.8 Å². The van der Waals surface area contributed by atoms with E-state index in [0.717, 1.165) is 40.6 Å². The molecule has 92 valence electrons. The van der Waals surface area contributed by atoms with Crippen molar-refractivity contribution in [1.82, 2.24) is 0 Å². The van der Waals surface area contributed by atoms with Crippen molar-refractivity contribution >= 4 is 39.1 Å². The van der Waals surface area contributed by atoms with E-state index in [9.17, 15) is 0 Å². The zero-order valence-corrected chi connectivity index (χ0v) is 12.7. The summed E-state index contributed by atoms with van der Waals surface area (Å²) in [5, 5.41) is 2.38. The Morgan fingerprint density at radius 3 is 1.94 bits per heavy atom. The van der Waals surface area contributed by atoms with E-state index in [1.54, 1.807) is 0 Å². The molecule has 0 aliphatic carbocycles. The number of ether oxygens (including phenoxy) is 1. The summed E-state index contributed by atoms with van der Waals surface area (Å²) in [4.78, 5) is 0. The van der Waals surface area contributed by atoms with Gasteiger partial charge >= 0.3 is 0 Å². The van der Waals surface area contributed by atoms with Crippen LogP contribution in [0, 0.1) is 0 Å². The summed E-state index contributed by atoms with van der Waals surface area (Å²) in [6.07, 6.45) is 0.874. The summed E-state index contributed by atoms with van der Waals surface area (Å²) >= 11 is 15.1. The Balaban J connectivity index is 0.000000385. The minimum absolute atomic E-state index is 0.747. The maximum Gasteiger partial charge on any atom is 0.0453 e. The van der Waals surface area contributed by atoms with Crippen LogP contribution < -0.4 is 0 Å². The van der Waals surface area contributed by atoms with Crippen molar-refractivity contribution < 1.29 is 4.74 Å². The van der Waals surface area contributed by atoms with Gasteiger partial charge in [-0.1, -0.05) is 45.2 Å². The normalized spacial score (nSPS) is 9.56. The Morgan fingerprint density at radius 1 is 1.12 bits per heavy atom. The van der Waals surface area contributed by atoms with Crippen LogP contribution in [-0.2, 0) is 11.2 Å². The molecule has 0 N–H and O–H groups in total. The minimum Gasteiger partial charge on any atom is -0.382 e. The van der Waals surface area contributed by atoms with E-state index in [1.807, 2.05) is 32.0 Å². The predicted molar refractivity (Wildman–Crippen MR) is 76.1 cm³/mol. The molecule has 4 heteroatoms. The van der Waals surface area contributed by atoms with Crippen LogP contribution in [0.25, 0.3) is 0 Å². The van der Waals surface area contributed by atoms with Crippen molar-refractivity contribution in [2.45, 2.75) is 20.3 Å². The molecule has 0 aliphatic heterocycles. The van der Waals surface area contributed by atoms with Crippen LogP contribution in [0.5, 0.6) is 0 Å². The lowest BCUT2D eigenvalue weighted by atomic mass is 10.2. The van der Waals surface area contributed by atoms with Crippen LogP contribution in [0.1, 0.15) is 19.4 Å². The fourth-order valence-electron chi connectivity index (χ4n) is 1.07. The smallest absolute Gasteiger partial charge is 0.0453 e. The topological polar surface area (TPSA) is 9.23 Å². The van der Waals surface area contributed by atoms with E-state index in [1.165, 1.54) is 0 Å². The van der Waals surface area contributed by atoms with E-state index in [0.29, 0.717) is 0 Å². The first-order valence-electron chi connectivity index (χ1n) is 5.23. The van der Waals surface area contributed by atoms with Crippen LogP contribution in [-0.4, -0.2) is 18.5 Å². The lowest BCUT2D eigenvalue weighted by Crippen LogP contribution is -1.88. The second kappa shape index (κ2) is 10.4. The molecular weight excluding hydrogens is 311 g/mol. The van der Waals surface area contributed by atoms with Gasteiger partial charge in [0.15, 0.2) is 0 Å². The average molecular weight is 328 g/mol. The highest BCUT2D eigenvalue weighted by atomic mass is 79.9. The van der Waals surface area contributed by atoms with Gasteiger partial charge in [-0.3, -0.25) is 0 Å². The maximum atomic E-state index is 5.90. The second-order valence-corrected chi connectivity index (χ2v) is 4.53. The molecule has 1 rings (SSSR count). The largest absolute Gasteiger partial charge is 0.382 e. The molecule has 0 saturated carbocycles. The summed E-state index contributed by atoms with van der Waals surface area (Å²) < 4.78 is 4.83. The molecule has 0 fully saturated rings. The predicted octanol–water partition coefficient (Wildman–Crippen LogP) is 4.97.